The lowest BCUT2D eigenvalue weighted by Crippen LogP contribution is -2.25. The van der Waals surface area contributed by atoms with Crippen molar-refractivity contribution >= 4 is 24.0 Å². The Morgan fingerprint density at radius 1 is 1.27 bits per heavy atom. The van der Waals surface area contributed by atoms with E-state index in [1.807, 2.05) is 24.3 Å². The minimum atomic E-state index is -0.159. The third-order valence-corrected chi connectivity index (χ3v) is 3.86. The fourth-order valence-electron chi connectivity index (χ4n) is 2.55. The van der Waals surface area contributed by atoms with Gasteiger partial charge in [-0.05, 0) is 23.6 Å². The van der Waals surface area contributed by atoms with E-state index in [4.69, 9.17) is 0 Å². The summed E-state index contributed by atoms with van der Waals surface area (Å²) < 4.78 is 0. The highest BCUT2D eigenvalue weighted by Gasteiger charge is 2.21. The van der Waals surface area contributed by atoms with Crippen LogP contribution in [0.1, 0.15) is 47.1 Å². The molecule has 1 aliphatic rings. The molecule has 5 nitrogen and oxygen atoms in total. The quantitative estimate of drug-likeness (QED) is 0.814. The summed E-state index contributed by atoms with van der Waals surface area (Å²) in [5, 5.41) is 13.3. The van der Waals surface area contributed by atoms with Crippen LogP contribution in [0.4, 0.5) is 5.69 Å². The largest absolute Gasteiger partial charge is 0.321 e. The van der Waals surface area contributed by atoms with Crippen molar-refractivity contribution in [1.82, 2.24) is 15.5 Å². The third-order valence-electron chi connectivity index (χ3n) is 3.86. The van der Waals surface area contributed by atoms with E-state index in [1.165, 1.54) is 5.56 Å². The zero-order valence-corrected chi connectivity index (χ0v) is 13.6. The lowest BCUT2D eigenvalue weighted by atomic mass is 10.0. The van der Waals surface area contributed by atoms with E-state index < -0.39 is 0 Å². The molecule has 0 spiro atoms. The van der Waals surface area contributed by atoms with Crippen LogP contribution < -0.4 is 10.6 Å². The van der Waals surface area contributed by atoms with Crippen molar-refractivity contribution in [2.24, 2.45) is 0 Å². The second-order valence-electron chi connectivity index (χ2n) is 5.69. The molecular formula is C16H21ClN4O. The molecule has 22 heavy (non-hydrogen) atoms. The van der Waals surface area contributed by atoms with Gasteiger partial charge in [0.1, 0.15) is 0 Å². The Bertz CT molecular complexity index is 649. The number of fused-ring (bicyclic) bond motifs is 1. The van der Waals surface area contributed by atoms with Crippen molar-refractivity contribution in [2.75, 3.05) is 11.9 Å². The molecular weight excluding hydrogens is 300 g/mol. The minimum Gasteiger partial charge on any atom is -0.321 e. The number of carbonyl (C=O) groups excluding carboxylic acids is 1. The number of aromatic amines is 1. The third kappa shape index (κ3) is 3.31. The molecule has 1 aliphatic heterocycles. The average Bonchev–Trinajstić information content (AvgIpc) is 2.92. The fraction of sp³-hybridized carbons (Fsp3) is 0.375. The molecule has 0 aliphatic carbocycles. The first kappa shape index (κ1) is 16.5. The van der Waals surface area contributed by atoms with E-state index in [1.54, 1.807) is 0 Å². The molecule has 1 aromatic heterocycles. The summed E-state index contributed by atoms with van der Waals surface area (Å²) in [6, 6.07) is 7.96. The molecule has 0 atom stereocenters. The maximum atomic E-state index is 12.3. The maximum Gasteiger partial charge on any atom is 0.276 e. The minimum absolute atomic E-state index is 0. The topological polar surface area (TPSA) is 69.8 Å². The standard InChI is InChI=1S/C16H20N4O.ClH/c1-10(2)11-3-5-12(6-4-11)18-16(21)15-13-9-17-8-7-14(13)19-20-15;/h3-6,10,17H,7-9H2,1-2H3,(H,18,21)(H,19,20);1H. The number of H-pyrrole nitrogens is 1. The first-order chi connectivity index (χ1) is 10.1. The summed E-state index contributed by atoms with van der Waals surface area (Å²) >= 11 is 0. The van der Waals surface area contributed by atoms with Gasteiger partial charge in [-0.2, -0.15) is 5.10 Å². The van der Waals surface area contributed by atoms with E-state index in [2.05, 4.69) is 34.7 Å². The molecule has 6 heteroatoms. The summed E-state index contributed by atoms with van der Waals surface area (Å²) in [4.78, 5) is 12.3. The van der Waals surface area contributed by atoms with Gasteiger partial charge in [-0.25, -0.2) is 0 Å². The Morgan fingerprint density at radius 2 is 2.00 bits per heavy atom. The van der Waals surface area contributed by atoms with Crippen LogP contribution in [0.15, 0.2) is 24.3 Å². The van der Waals surface area contributed by atoms with E-state index in [0.29, 0.717) is 18.2 Å². The molecule has 118 valence electrons. The Labute approximate surface area is 136 Å². The van der Waals surface area contributed by atoms with Crippen LogP contribution in [-0.4, -0.2) is 22.6 Å². The molecule has 0 fully saturated rings. The van der Waals surface area contributed by atoms with Crippen LogP contribution in [0.25, 0.3) is 0 Å². The molecule has 0 saturated carbocycles. The van der Waals surface area contributed by atoms with E-state index in [-0.39, 0.29) is 18.3 Å². The Kier molecular flexibility index (Phi) is 5.21. The lowest BCUT2D eigenvalue weighted by molar-refractivity contribution is 0.102. The van der Waals surface area contributed by atoms with Gasteiger partial charge in [-0.1, -0.05) is 26.0 Å². The van der Waals surface area contributed by atoms with Crippen LogP contribution in [0.3, 0.4) is 0 Å². The summed E-state index contributed by atoms with van der Waals surface area (Å²) in [6.07, 6.45) is 0.888. The molecule has 1 aromatic carbocycles. The van der Waals surface area contributed by atoms with Crippen LogP contribution >= 0.6 is 12.4 Å². The highest BCUT2D eigenvalue weighted by Crippen LogP contribution is 2.19. The van der Waals surface area contributed by atoms with Crippen molar-refractivity contribution in [3.05, 3.63) is 46.8 Å². The molecule has 0 saturated heterocycles. The number of nitrogens with zero attached hydrogens (tertiary/aromatic N) is 1. The van der Waals surface area contributed by atoms with Crippen molar-refractivity contribution in [1.29, 1.82) is 0 Å². The molecule has 3 N–H and O–H groups in total. The Hall–Kier alpha value is -1.85. The number of anilines is 1. The van der Waals surface area contributed by atoms with Crippen LogP contribution in [-0.2, 0) is 13.0 Å². The highest BCUT2D eigenvalue weighted by atomic mass is 35.5. The zero-order chi connectivity index (χ0) is 14.8. The van der Waals surface area contributed by atoms with Crippen LogP contribution in [0.2, 0.25) is 0 Å². The number of hydrogen-bond acceptors (Lipinski definition) is 3. The van der Waals surface area contributed by atoms with Gasteiger partial charge in [0.25, 0.3) is 5.91 Å². The number of halogens is 1. The summed E-state index contributed by atoms with van der Waals surface area (Å²) in [7, 11) is 0. The van der Waals surface area contributed by atoms with E-state index in [0.717, 1.165) is 29.9 Å². The first-order valence-electron chi connectivity index (χ1n) is 7.33. The van der Waals surface area contributed by atoms with Gasteiger partial charge < -0.3 is 10.6 Å². The first-order valence-corrected chi connectivity index (χ1v) is 7.33. The van der Waals surface area contributed by atoms with E-state index >= 15 is 0 Å². The molecule has 3 rings (SSSR count). The average molecular weight is 321 g/mol. The smallest absolute Gasteiger partial charge is 0.276 e. The Balaban J connectivity index is 0.00000176. The number of carbonyl (C=O) groups is 1. The van der Waals surface area contributed by atoms with E-state index in [9.17, 15) is 4.79 Å². The summed E-state index contributed by atoms with van der Waals surface area (Å²) in [5.41, 5.74) is 4.59. The normalized spacial score (nSPS) is 13.4. The van der Waals surface area contributed by atoms with Gasteiger partial charge in [0.05, 0.1) is 0 Å². The zero-order valence-electron chi connectivity index (χ0n) is 12.8. The van der Waals surface area contributed by atoms with Gasteiger partial charge in [0, 0.05) is 36.5 Å². The van der Waals surface area contributed by atoms with Gasteiger partial charge >= 0.3 is 0 Å². The van der Waals surface area contributed by atoms with Crippen molar-refractivity contribution in [2.45, 2.75) is 32.7 Å². The maximum absolute atomic E-state index is 12.3. The summed E-state index contributed by atoms with van der Waals surface area (Å²) in [5.74, 6) is 0.327. The number of benzene rings is 1. The highest BCUT2D eigenvalue weighted by molar-refractivity contribution is 6.04. The number of rotatable bonds is 3. The van der Waals surface area contributed by atoms with Crippen molar-refractivity contribution in [3.8, 4) is 0 Å². The van der Waals surface area contributed by atoms with Gasteiger partial charge in [-0.3, -0.25) is 9.89 Å². The number of amides is 1. The predicted octanol–water partition coefficient (Wildman–Crippen LogP) is 2.85. The SMILES string of the molecule is CC(C)c1ccc(NC(=O)c2n[nH]c3c2CNCC3)cc1.Cl. The van der Waals surface area contributed by atoms with Crippen LogP contribution in [0.5, 0.6) is 0 Å². The lowest BCUT2D eigenvalue weighted by Gasteiger charge is -2.13. The number of nitrogens with one attached hydrogen (secondary N) is 3. The molecule has 0 unspecified atom stereocenters. The van der Waals surface area contributed by atoms with Crippen molar-refractivity contribution < 1.29 is 4.79 Å². The van der Waals surface area contributed by atoms with Gasteiger partial charge in [-0.15, -0.1) is 12.4 Å². The van der Waals surface area contributed by atoms with Gasteiger partial charge in [0.15, 0.2) is 5.69 Å². The Morgan fingerprint density at radius 3 is 2.68 bits per heavy atom. The molecule has 2 heterocycles. The fourth-order valence-corrected chi connectivity index (χ4v) is 2.55. The number of aromatic nitrogens is 2. The summed E-state index contributed by atoms with van der Waals surface area (Å²) in [6.45, 7) is 5.92. The number of hydrogen-bond donors (Lipinski definition) is 3. The molecule has 0 radical (unpaired) electrons. The van der Waals surface area contributed by atoms with Gasteiger partial charge in [0.2, 0.25) is 0 Å². The van der Waals surface area contributed by atoms with Crippen molar-refractivity contribution in [3.63, 3.8) is 0 Å². The second kappa shape index (κ2) is 6.94. The second-order valence-corrected chi connectivity index (χ2v) is 5.69. The molecule has 1 amide bonds. The predicted molar refractivity (Wildman–Crippen MR) is 89.7 cm³/mol. The monoisotopic (exact) mass is 320 g/mol. The molecule has 2 aromatic rings. The van der Waals surface area contributed by atoms with Crippen LogP contribution in [0, 0.1) is 0 Å². The molecule has 0 bridgehead atoms.